The van der Waals surface area contributed by atoms with E-state index in [9.17, 15) is 4.79 Å². The molecule has 0 saturated carbocycles. The fourth-order valence-corrected chi connectivity index (χ4v) is 1.96. The van der Waals surface area contributed by atoms with Gasteiger partial charge in [0.25, 0.3) is 0 Å². The summed E-state index contributed by atoms with van der Waals surface area (Å²) in [7, 11) is 0. The molecule has 1 atom stereocenters. The summed E-state index contributed by atoms with van der Waals surface area (Å²) >= 11 is 1.06. The maximum Gasteiger partial charge on any atom is 0.231 e. The Labute approximate surface area is 108 Å². The highest BCUT2D eigenvalue weighted by atomic mass is 32.1. The number of nitrogens with one attached hydrogen (secondary N) is 1. The number of nitrogens with two attached hydrogens (primary N) is 1. The van der Waals surface area contributed by atoms with Gasteiger partial charge in [-0.1, -0.05) is 28.6 Å². The van der Waals surface area contributed by atoms with E-state index in [4.69, 9.17) is 5.73 Å². The third kappa shape index (κ3) is 3.24. The van der Waals surface area contributed by atoms with Gasteiger partial charge in [-0.25, -0.2) is 0 Å². The van der Waals surface area contributed by atoms with Gasteiger partial charge in [0.05, 0.1) is 0 Å². The van der Waals surface area contributed by atoms with Crippen molar-refractivity contribution in [2.45, 2.75) is 19.3 Å². The number of hydrogen-bond donors (Lipinski definition) is 2. The minimum Gasteiger partial charge on any atom is -0.399 e. The number of aromatic nitrogens is 3. The van der Waals surface area contributed by atoms with Crippen LogP contribution in [0.3, 0.4) is 0 Å². The second-order valence-corrected chi connectivity index (χ2v) is 4.72. The molecule has 0 spiro atoms. The first-order valence-electron chi connectivity index (χ1n) is 5.45. The zero-order chi connectivity index (χ0) is 13.0. The summed E-state index contributed by atoms with van der Waals surface area (Å²) < 4.78 is 3.57. The van der Waals surface area contributed by atoms with E-state index in [2.05, 4.69) is 20.1 Å². The van der Waals surface area contributed by atoms with Crippen LogP contribution in [0.1, 0.15) is 24.8 Å². The standard InChI is InChI=1S/C11H13N5OS/c1-7(8-2-4-9(12)5-3-8)6-10(17)13-11-14-15-16-18-11/h2-5,7H,6,12H2,1H3,(H,13,14,16,17). The molecule has 0 bridgehead atoms. The molecule has 6 nitrogen and oxygen atoms in total. The van der Waals surface area contributed by atoms with Gasteiger partial charge in [-0.05, 0) is 28.8 Å². The Hall–Kier alpha value is -2.02. The van der Waals surface area contributed by atoms with Crippen LogP contribution in [-0.2, 0) is 4.79 Å². The average molecular weight is 263 g/mol. The fourth-order valence-electron chi connectivity index (χ4n) is 1.57. The highest BCUT2D eigenvalue weighted by molar-refractivity contribution is 7.09. The predicted molar refractivity (Wildman–Crippen MR) is 70.2 cm³/mol. The van der Waals surface area contributed by atoms with Gasteiger partial charge in [-0.2, -0.15) is 0 Å². The molecule has 2 rings (SSSR count). The molecule has 1 heterocycles. The van der Waals surface area contributed by atoms with Crippen molar-refractivity contribution in [3.8, 4) is 0 Å². The van der Waals surface area contributed by atoms with Crippen LogP contribution in [0.2, 0.25) is 0 Å². The van der Waals surface area contributed by atoms with Crippen LogP contribution >= 0.6 is 11.5 Å². The topological polar surface area (TPSA) is 93.8 Å². The molecule has 94 valence electrons. The quantitative estimate of drug-likeness (QED) is 0.818. The minimum absolute atomic E-state index is 0.0992. The van der Waals surface area contributed by atoms with Crippen molar-refractivity contribution < 1.29 is 4.79 Å². The first-order valence-corrected chi connectivity index (χ1v) is 6.23. The number of anilines is 2. The molecule has 1 aromatic carbocycles. The molecule has 0 fully saturated rings. The minimum atomic E-state index is -0.0992. The molecule has 0 aliphatic rings. The Kier molecular flexibility index (Phi) is 3.83. The van der Waals surface area contributed by atoms with E-state index in [1.165, 1.54) is 0 Å². The molecule has 0 aliphatic heterocycles. The van der Waals surface area contributed by atoms with Crippen LogP contribution in [-0.4, -0.2) is 20.7 Å². The second-order valence-electron chi connectivity index (χ2n) is 3.99. The van der Waals surface area contributed by atoms with E-state index in [0.717, 1.165) is 22.8 Å². The van der Waals surface area contributed by atoms with Crippen molar-refractivity contribution >= 4 is 28.3 Å². The molecule has 3 N–H and O–H groups in total. The Morgan fingerprint density at radius 1 is 1.44 bits per heavy atom. The molecule has 7 heteroatoms. The number of nitrogens with zero attached hydrogens (tertiary/aromatic N) is 3. The van der Waals surface area contributed by atoms with E-state index in [-0.39, 0.29) is 11.8 Å². The maximum absolute atomic E-state index is 11.7. The molecular formula is C11H13N5OS. The van der Waals surface area contributed by atoms with E-state index >= 15 is 0 Å². The lowest BCUT2D eigenvalue weighted by Gasteiger charge is -2.11. The molecule has 2 aromatic rings. The van der Waals surface area contributed by atoms with Crippen molar-refractivity contribution in [2.24, 2.45) is 0 Å². The van der Waals surface area contributed by atoms with Crippen molar-refractivity contribution in [3.05, 3.63) is 29.8 Å². The van der Waals surface area contributed by atoms with Gasteiger partial charge >= 0.3 is 0 Å². The van der Waals surface area contributed by atoms with Crippen LogP contribution in [0.4, 0.5) is 10.8 Å². The van der Waals surface area contributed by atoms with Crippen molar-refractivity contribution in [2.75, 3.05) is 11.1 Å². The summed E-state index contributed by atoms with van der Waals surface area (Å²) in [5.74, 6) is 0.0179. The molecule has 18 heavy (non-hydrogen) atoms. The highest BCUT2D eigenvalue weighted by Gasteiger charge is 2.12. The monoisotopic (exact) mass is 263 g/mol. The zero-order valence-electron chi connectivity index (χ0n) is 9.83. The van der Waals surface area contributed by atoms with E-state index < -0.39 is 0 Å². The number of carbonyl (C=O) groups excluding carboxylic acids is 1. The molecule has 1 unspecified atom stereocenters. The summed E-state index contributed by atoms with van der Waals surface area (Å²) in [6.07, 6.45) is 0.378. The van der Waals surface area contributed by atoms with Gasteiger partial charge in [0, 0.05) is 23.6 Å². The number of nitrogen functional groups attached to an aromatic ring is 1. The summed E-state index contributed by atoms with van der Waals surface area (Å²) in [4.78, 5) is 11.7. The van der Waals surface area contributed by atoms with E-state index in [1.54, 1.807) is 0 Å². The molecular weight excluding hydrogens is 250 g/mol. The molecule has 0 radical (unpaired) electrons. The Morgan fingerprint density at radius 3 is 2.78 bits per heavy atom. The van der Waals surface area contributed by atoms with Crippen molar-refractivity contribution in [1.82, 2.24) is 14.8 Å². The summed E-state index contributed by atoms with van der Waals surface area (Å²) in [5, 5.41) is 10.1. The van der Waals surface area contributed by atoms with E-state index in [1.807, 2.05) is 31.2 Å². The lowest BCUT2D eigenvalue weighted by atomic mass is 9.97. The number of amides is 1. The highest BCUT2D eigenvalue weighted by Crippen LogP contribution is 2.20. The number of rotatable bonds is 4. The summed E-state index contributed by atoms with van der Waals surface area (Å²) in [6.45, 7) is 1.99. The van der Waals surface area contributed by atoms with Gasteiger partial charge in [-0.15, -0.1) is 0 Å². The maximum atomic E-state index is 11.7. The van der Waals surface area contributed by atoms with Gasteiger partial charge in [-0.3, -0.25) is 10.1 Å². The lowest BCUT2D eigenvalue weighted by Crippen LogP contribution is -2.14. The Bertz CT molecular complexity index is 511. The Balaban J connectivity index is 1.92. The smallest absolute Gasteiger partial charge is 0.231 e. The fraction of sp³-hybridized carbons (Fsp3) is 0.273. The van der Waals surface area contributed by atoms with E-state index in [0.29, 0.717) is 11.6 Å². The van der Waals surface area contributed by atoms with Gasteiger partial charge in [0.2, 0.25) is 11.0 Å². The van der Waals surface area contributed by atoms with Crippen LogP contribution in [0, 0.1) is 0 Å². The third-order valence-corrected chi connectivity index (χ3v) is 3.05. The normalized spacial score (nSPS) is 12.1. The SMILES string of the molecule is CC(CC(=O)Nc1nnns1)c1ccc(N)cc1. The number of hydrogen-bond acceptors (Lipinski definition) is 6. The first kappa shape index (κ1) is 12.4. The van der Waals surface area contributed by atoms with Crippen molar-refractivity contribution in [3.63, 3.8) is 0 Å². The zero-order valence-corrected chi connectivity index (χ0v) is 10.6. The predicted octanol–water partition coefficient (Wildman–Crippen LogP) is 1.65. The Morgan fingerprint density at radius 2 is 2.17 bits per heavy atom. The van der Waals surface area contributed by atoms with Crippen LogP contribution in [0.5, 0.6) is 0 Å². The molecule has 0 aliphatic carbocycles. The summed E-state index contributed by atoms with van der Waals surface area (Å²) in [5.41, 5.74) is 7.41. The average Bonchev–Trinajstić information content (AvgIpc) is 2.82. The summed E-state index contributed by atoms with van der Waals surface area (Å²) in [6, 6.07) is 7.52. The lowest BCUT2D eigenvalue weighted by molar-refractivity contribution is -0.116. The molecule has 1 amide bonds. The number of benzene rings is 1. The van der Waals surface area contributed by atoms with Crippen molar-refractivity contribution in [1.29, 1.82) is 0 Å². The van der Waals surface area contributed by atoms with Gasteiger partial charge in [0.1, 0.15) is 0 Å². The second kappa shape index (κ2) is 5.54. The van der Waals surface area contributed by atoms with Gasteiger partial charge < -0.3 is 5.73 Å². The molecule has 1 aromatic heterocycles. The van der Waals surface area contributed by atoms with Gasteiger partial charge in [0.15, 0.2) is 0 Å². The number of carbonyl (C=O) groups is 1. The third-order valence-electron chi connectivity index (χ3n) is 2.54. The van der Waals surface area contributed by atoms with Crippen LogP contribution in [0.25, 0.3) is 0 Å². The largest absolute Gasteiger partial charge is 0.399 e. The van der Waals surface area contributed by atoms with Crippen LogP contribution < -0.4 is 11.1 Å². The van der Waals surface area contributed by atoms with Crippen LogP contribution in [0.15, 0.2) is 24.3 Å². The first-order chi connectivity index (χ1) is 8.65. The molecule has 0 saturated heterocycles.